The van der Waals surface area contributed by atoms with Gasteiger partial charge in [0.2, 0.25) is 10.0 Å². The van der Waals surface area contributed by atoms with Crippen molar-refractivity contribution in [2.75, 3.05) is 34.0 Å². The van der Waals surface area contributed by atoms with Gasteiger partial charge in [0.05, 0.1) is 38.4 Å². The monoisotopic (exact) mass is 419 g/mol. The van der Waals surface area contributed by atoms with Crippen LogP contribution >= 0.6 is 0 Å². The van der Waals surface area contributed by atoms with Crippen molar-refractivity contribution in [3.63, 3.8) is 0 Å². The summed E-state index contributed by atoms with van der Waals surface area (Å²) in [4.78, 5) is 0.191. The first-order valence-corrected chi connectivity index (χ1v) is 11.1. The van der Waals surface area contributed by atoms with Crippen molar-refractivity contribution in [1.82, 2.24) is 4.31 Å². The van der Waals surface area contributed by atoms with Crippen LogP contribution in [0, 0.1) is 0 Å². The van der Waals surface area contributed by atoms with Crippen LogP contribution in [-0.2, 0) is 10.0 Å². The predicted molar refractivity (Wildman–Crippen MR) is 107 cm³/mol. The summed E-state index contributed by atoms with van der Waals surface area (Å²) in [6.45, 7) is 1.68. The van der Waals surface area contributed by atoms with Crippen LogP contribution in [0.15, 0.2) is 41.3 Å². The first-order chi connectivity index (χ1) is 14.0. The van der Waals surface area contributed by atoms with Gasteiger partial charge in [0.1, 0.15) is 0 Å². The fraction of sp³-hybridized carbons (Fsp3) is 0.429. The summed E-state index contributed by atoms with van der Waals surface area (Å²) in [6, 6.07) is 10.1. The third kappa shape index (κ3) is 3.74. The Kier molecular flexibility index (Phi) is 5.56. The molecule has 0 aliphatic carbocycles. The zero-order valence-electron chi connectivity index (χ0n) is 16.6. The van der Waals surface area contributed by atoms with E-state index in [0.717, 1.165) is 24.8 Å². The van der Waals surface area contributed by atoms with Crippen LogP contribution in [0.2, 0.25) is 0 Å². The molecule has 4 rings (SSSR count). The smallest absolute Gasteiger partial charge is 0.243 e. The van der Waals surface area contributed by atoms with Crippen LogP contribution < -0.4 is 18.9 Å². The van der Waals surface area contributed by atoms with Gasteiger partial charge in [0, 0.05) is 19.0 Å². The van der Waals surface area contributed by atoms with Crippen LogP contribution in [0.5, 0.6) is 23.0 Å². The van der Waals surface area contributed by atoms with E-state index in [9.17, 15) is 8.42 Å². The highest BCUT2D eigenvalue weighted by Crippen LogP contribution is 2.41. The van der Waals surface area contributed by atoms with Crippen molar-refractivity contribution >= 4 is 10.0 Å². The van der Waals surface area contributed by atoms with E-state index < -0.39 is 10.0 Å². The van der Waals surface area contributed by atoms with E-state index in [4.69, 9.17) is 18.9 Å². The van der Waals surface area contributed by atoms with E-state index in [-0.39, 0.29) is 10.9 Å². The van der Waals surface area contributed by atoms with Crippen molar-refractivity contribution in [1.29, 1.82) is 0 Å². The number of methoxy groups -OCH3 is 2. The van der Waals surface area contributed by atoms with Gasteiger partial charge in [-0.1, -0.05) is 6.07 Å². The van der Waals surface area contributed by atoms with E-state index in [1.807, 2.05) is 18.2 Å². The second kappa shape index (κ2) is 8.12. The first kappa shape index (κ1) is 19.8. The molecule has 29 heavy (non-hydrogen) atoms. The minimum absolute atomic E-state index is 0.191. The van der Waals surface area contributed by atoms with Crippen molar-refractivity contribution in [3.05, 3.63) is 42.0 Å². The molecule has 7 nitrogen and oxygen atoms in total. The Hall–Kier alpha value is -2.45. The van der Waals surface area contributed by atoms with Crippen molar-refractivity contribution in [2.45, 2.75) is 30.2 Å². The molecule has 0 N–H and O–H groups in total. The molecule has 2 aliphatic rings. The molecule has 0 saturated carbocycles. The van der Waals surface area contributed by atoms with Gasteiger partial charge in [-0.3, -0.25) is 0 Å². The Morgan fingerprint density at radius 3 is 2.45 bits per heavy atom. The van der Waals surface area contributed by atoms with Gasteiger partial charge in [-0.05, 0) is 42.7 Å². The molecule has 0 aromatic heterocycles. The quantitative estimate of drug-likeness (QED) is 0.740. The Morgan fingerprint density at radius 2 is 1.69 bits per heavy atom. The highest BCUT2D eigenvalue weighted by atomic mass is 32.2. The summed E-state index contributed by atoms with van der Waals surface area (Å²) in [7, 11) is -0.685. The Bertz CT molecular complexity index is 991. The molecule has 0 amide bonds. The predicted octanol–water partition coefficient (Wildman–Crippen LogP) is 3.39. The lowest BCUT2D eigenvalue weighted by Crippen LogP contribution is -2.30. The summed E-state index contributed by atoms with van der Waals surface area (Å²) in [5.74, 6) is 2.26. The van der Waals surface area contributed by atoms with E-state index in [0.29, 0.717) is 42.8 Å². The van der Waals surface area contributed by atoms with Gasteiger partial charge < -0.3 is 18.9 Å². The maximum atomic E-state index is 13.4. The number of nitrogens with zero attached hydrogens (tertiary/aromatic N) is 1. The third-order valence-electron chi connectivity index (χ3n) is 5.32. The van der Waals surface area contributed by atoms with Crippen LogP contribution in [0.4, 0.5) is 0 Å². The zero-order valence-corrected chi connectivity index (χ0v) is 17.4. The second-order valence-electron chi connectivity index (χ2n) is 7.05. The molecular weight excluding hydrogens is 394 g/mol. The molecule has 0 unspecified atom stereocenters. The largest absolute Gasteiger partial charge is 0.493 e. The van der Waals surface area contributed by atoms with Crippen LogP contribution in [0.3, 0.4) is 0 Å². The van der Waals surface area contributed by atoms with Crippen molar-refractivity contribution in [3.8, 4) is 23.0 Å². The molecular formula is C21H25NO6S. The minimum Gasteiger partial charge on any atom is -0.493 e. The van der Waals surface area contributed by atoms with Crippen LogP contribution in [0.1, 0.15) is 30.9 Å². The summed E-state index contributed by atoms with van der Waals surface area (Å²) < 4.78 is 50.4. The van der Waals surface area contributed by atoms with E-state index >= 15 is 0 Å². The fourth-order valence-corrected chi connectivity index (χ4v) is 5.56. The molecule has 2 aromatic rings. The number of benzene rings is 2. The van der Waals surface area contributed by atoms with Crippen molar-refractivity contribution in [2.24, 2.45) is 0 Å². The number of sulfonamides is 1. The van der Waals surface area contributed by atoms with Crippen LogP contribution in [-0.4, -0.2) is 46.7 Å². The van der Waals surface area contributed by atoms with Gasteiger partial charge >= 0.3 is 0 Å². The number of ether oxygens (including phenoxy) is 4. The zero-order chi connectivity index (χ0) is 20.4. The lowest BCUT2D eigenvalue weighted by molar-refractivity contribution is 0.296. The number of hydrogen-bond donors (Lipinski definition) is 0. The molecule has 0 spiro atoms. The van der Waals surface area contributed by atoms with Gasteiger partial charge in [-0.2, -0.15) is 4.31 Å². The molecule has 1 fully saturated rings. The maximum Gasteiger partial charge on any atom is 0.243 e. The average Bonchev–Trinajstić information content (AvgIpc) is 3.13. The van der Waals surface area contributed by atoms with Gasteiger partial charge in [-0.25, -0.2) is 8.42 Å². The number of fused-ring (bicyclic) bond motifs is 1. The van der Waals surface area contributed by atoms with Gasteiger partial charge in [-0.15, -0.1) is 0 Å². The van der Waals surface area contributed by atoms with Crippen molar-refractivity contribution < 1.29 is 27.4 Å². The molecule has 0 radical (unpaired) electrons. The molecule has 2 aliphatic heterocycles. The lowest BCUT2D eigenvalue weighted by Gasteiger charge is -2.25. The number of rotatable bonds is 5. The molecule has 156 valence electrons. The highest BCUT2D eigenvalue weighted by Gasteiger charge is 2.37. The lowest BCUT2D eigenvalue weighted by atomic mass is 10.0. The standard InChI is InChI=1S/C21H25NO6S/c1-25-18-9-7-16(14-20(18)26-2)29(23,24)22-10-3-5-17(22)15-6-8-19-21(13-15)28-12-4-11-27-19/h6-9,13-14,17H,3-5,10-12H2,1-2H3/t17-/m0/s1. The highest BCUT2D eigenvalue weighted by molar-refractivity contribution is 7.89. The molecule has 1 saturated heterocycles. The third-order valence-corrected chi connectivity index (χ3v) is 7.23. The first-order valence-electron chi connectivity index (χ1n) is 9.68. The average molecular weight is 419 g/mol. The molecule has 2 aromatic carbocycles. The topological polar surface area (TPSA) is 74.3 Å². The Morgan fingerprint density at radius 1 is 0.931 bits per heavy atom. The van der Waals surface area contributed by atoms with E-state index in [1.54, 1.807) is 16.4 Å². The summed E-state index contributed by atoms with van der Waals surface area (Å²) in [5, 5.41) is 0. The van der Waals surface area contributed by atoms with E-state index in [2.05, 4.69) is 0 Å². The van der Waals surface area contributed by atoms with Gasteiger partial charge in [0.25, 0.3) is 0 Å². The fourth-order valence-electron chi connectivity index (χ4n) is 3.86. The molecule has 8 heteroatoms. The normalized spacial score (nSPS) is 19.6. The van der Waals surface area contributed by atoms with Gasteiger partial charge in [0.15, 0.2) is 23.0 Å². The SMILES string of the molecule is COc1ccc(S(=O)(=O)N2CCC[C@H]2c2ccc3c(c2)OCCCO3)cc1OC. The van der Waals surface area contributed by atoms with E-state index in [1.165, 1.54) is 20.3 Å². The van der Waals surface area contributed by atoms with Crippen LogP contribution in [0.25, 0.3) is 0 Å². The molecule has 2 heterocycles. The molecule has 0 bridgehead atoms. The molecule has 1 atom stereocenters. The maximum absolute atomic E-state index is 13.4. The summed E-state index contributed by atoms with van der Waals surface area (Å²) >= 11 is 0. The number of hydrogen-bond acceptors (Lipinski definition) is 6. The minimum atomic E-state index is -3.70. The second-order valence-corrected chi connectivity index (χ2v) is 8.94. The Balaban J connectivity index is 1.67. The Labute approximate surface area is 171 Å². The summed E-state index contributed by atoms with van der Waals surface area (Å²) in [5.41, 5.74) is 0.913. The summed E-state index contributed by atoms with van der Waals surface area (Å²) in [6.07, 6.45) is 2.38.